The van der Waals surface area contributed by atoms with Crippen molar-refractivity contribution in [3.8, 4) is 0 Å². The highest BCUT2D eigenvalue weighted by Crippen LogP contribution is 2.27. The molecule has 0 spiro atoms. The molecule has 0 aliphatic heterocycles. The number of furan rings is 2. The second-order valence-corrected chi connectivity index (χ2v) is 3.35. The van der Waals surface area contributed by atoms with E-state index >= 15 is 0 Å². The summed E-state index contributed by atoms with van der Waals surface area (Å²) in [5, 5.41) is 18.7. The van der Waals surface area contributed by atoms with Crippen molar-refractivity contribution in [1.82, 2.24) is 0 Å². The Balaban J connectivity index is 2.37. The highest BCUT2D eigenvalue weighted by Gasteiger charge is 2.24. The van der Waals surface area contributed by atoms with E-state index in [4.69, 9.17) is 13.9 Å². The first-order valence-electron chi connectivity index (χ1n) is 4.64. The molecule has 0 fully saturated rings. The molecule has 2 heterocycles. The molecule has 84 valence electrons. The van der Waals surface area contributed by atoms with Gasteiger partial charge in [0, 0.05) is 0 Å². The van der Waals surface area contributed by atoms with Gasteiger partial charge in [0.15, 0.2) is 11.9 Å². The van der Waals surface area contributed by atoms with E-state index in [-0.39, 0.29) is 17.1 Å². The van der Waals surface area contributed by atoms with Crippen molar-refractivity contribution >= 4 is 5.97 Å². The fraction of sp³-hybridized carbons (Fsp3) is 0.182. The van der Waals surface area contributed by atoms with E-state index < -0.39 is 12.1 Å². The molecule has 2 rings (SSSR count). The Morgan fingerprint density at radius 3 is 2.69 bits per heavy atom. The quantitative estimate of drug-likeness (QED) is 0.829. The van der Waals surface area contributed by atoms with Crippen LogP contribution in [-0.4, -0.2) is 16.2 Å². The topological polar surface area (TPSA) is 83.8 Å². The van der Waals surface area contributed by atoms with E-state index in [1.54, 1.807) is 19.1 Å². The van der Waals surface area contributed by atoms with Crippen LogP contribution in [0.5, 0.6) is 0 Å². The first-order valence-corrected chi connectivity index (χ1v) is 4.64. The minimum atomic E-state index is -1.20. The van der Waals surface area contributed by atoms with Gasteiger partial charge in [0.05, 0.1) is 6.26 Å². The van der Waals surface area contributed by atoms with Gasteiger partial charge < -0.3 is 19.0 Å². The molecule has 5 heteroatoms. The predicted octanol–water partition coefficient (Wildman–Crippen LogP) is 1.96. The summed E-state index contributed by atoms with van der Waals surface area (Å²) in [5.74, 6) is -0.277. The van der Waals surface area contributed by atoms with Gasteiger partial charge in [-0.3, -0.25) is 0 Å². The maximum atomic E-state index is 10.8. The van der Waals surface area contributed by atoms with Crippen LogP contribution in [0, 0.1) is 6.92 Å². The molecule has 2 aromatic heterocycles. The normalized spacial score (nSPS) is 12.6. The first kappa shape index (κ1) is 10.5. The van der Waals surface area contributed by atoms with Gasteiger partial charge in [-0.2, -0.15) is 0 Å². The zero-order valence-electron chi connectivity index (χ0n) is 8.51. The van der Waals surface area contributed by atoms with Crippen LogP contribution in [0.15, 0.2) is 33.3 Å². The van der Waals surface area contributed by atoms with Crippen LogP contribution in [-0.2, 0) is 0 Å². The summed E-state index contributed by atoms with van der Waals surface area (Å²) >= 11 is 0. The average Bonchev–Trinajstić information content (AvgIpc) is 2.84. The van der Waals surface area contributed by atoms with Gasteiger partial charge in [-0.1, -0.05) is 0 Å². The molecule has 0 aromatic carbocycles. The molecule has 1 unspecified atom stereocenters. The van der Waals surface area contributed by atoms with Crippen LogP contribution < -0.4 is 0 Å². The number of carboxylic acid groups (broad SMARTS) is 1. The van der Waals surface area contributed by atoms with Gasteiger partial charge in [0.2, 0.25) is 0 Å². The number of hydrogen-bond acceptors (Lipinski definition) is 4. The zero-order valence-corrected chi connectivity index (χ0v) is 8.51. The molecule has 1 atom stereocenters. The molecule has 16 heavy (non-hydrogen) atoms. The maximum absolute atomic E-state index is 10.8. The van der Waals surface area contributed by atoms with Crippen LogP contribution >= 0.6 is 0 Å². The number of aryl methyl sites for hydroxylation is 1. The summed E-state index contributed by atoms with van der Waals surface area (Å²) < 4.78 is 10.2. The van der Waals surface area contributed by atoms with Gasteiger partial charge in [0.25, 0.3) is 0 Å². The smallest absolute Gasteiger partial charge is 0.339 e. The molecule has 0 radical (unpaired) electrons. The van der Waals surface area contributed by atoms with Crippen LogP contribution in [0.2, 0.25) is 0 Å². The molecule has 0 bridgehead atoms. The van der Waals surface area contributed by atoms with Gasteiger partial charge in [0.1, 0.15) is 17.1 Å². The van der Waals surface area contributed by atoms with Crippen molar-refractivity contribution in [1.29, 1.82) is 0 Å². The third-order valence-electron chi connectivity index (χ3n) is 2.20. The van der Waals surface area contributed by atoms with Crippen LogP contribution in [0.25, 0.3) is 0 Å². The molecule has 0 amide bonds. The standard InChI is InChI=1S/C11H10O5/c1-6-2-3-8(16-6)9(12)10-7(11(13)14)4-5-15-10/h2-5,9,12H,1H3,(H,13,14). The maximum Gasteiger partial charge on any atom is 0.339 e. The molecule has 2 N–H and O–H groups in total. The van der Waals surface area contributed by atoms with Crippen molar-refractivity contribution in [3.63, 3.8) is 0 Å². The van der Waals surface area contributed by atoms with Crippen molar-refractivity contribution in [2.24, 2.45) is 0 Å². The van der Waals surface area contributed by atoms with Gasteiger partial charge >= 0.3 is 5.97 Å². The predicted molar refractivity (Wildman–Crippen MR) is 53.2 cm³/mol. The number of aromatic carboxylic acids is 1. The first-order chi connectivity index (χ1) is 7.59. The molecule has 0 aliphatic rings. The number of hydrogen-bond donors (Lipinski definition) is 2. The van der Waals surface area contributed by atoms with E-state index in [0.29, 0.717) is 5.76 Å². The van der Waals surface area contributed by atoms with Crippen molar-refractivity contribution in [3.05, 3.63) is 47.3 Å². The Bertz CT molecular complexity index is 508. The SMILES string of the molecule is Cc1ccc(C(O)c2occc2C(=O)O)o1. The van der Waals surface area contributed by atoms with Crippen LogP contribution in [0.1, 0.15) is 33.7 Å². The Morgan fingerprint density at radius 2 is 2.12 bits per heavy atom. The molecule has 0 saturated carbocycles. The van der Waals surface area contributed by atoms with Gasteiger partial charge in [-0.25, -0.2) is 4.79 Å². The largest absolute Gasteiger partial charge is 0.478 e. The summed E-state index contributed by atoms with van der Waals surface area (Å²) in [6.45, 7) is 1.73. The van der Waals surface area contributed by atoms with Gasteiger partial charge in [-0.15, -0.1) is 0 Å². The minimum absolute atomic E-state index is 0.0261. The Hall–Kier alpha value is -2.01. The van der Waals surface area contributed by atoms with Crippen molar-refractivity contribution in [2.75, 3.05) is 0 Å². The summed E-state index contributed by atoms with van der Waals surface area (Å²) in [4.78, 5) is 10.8. The lowest BCUT2D eigenvalue weighted by atomic mass is 10.1. The minimum Gasteiger partial charge on any atom is -0.478 e. The molecular formula is C11H10O5. The van der Waals surface area contributed by atoms with E-state index in [2.05, 4.69) is 0 Å². The van der Waals surface area contributed by atoms with Gasteiger partial charge in [-0.05, 0) is 25.1 Å². The number of rotatable bonds is 3. The lowest BCUT2D eigenvalue weighted by Gasteiger charge is -2.05. The zero-order chi connectivity index (χ0) is 11.7. The van der Waals surface area contributed by atoms with Crippen LogP contribution in [0.3, 0.4) is 0 Å². The number of aliphatic hydroxyl groups excluding tert-OH is 1. The summed E-state index contributed by atoms with van der Waals surface area (Å²) in [6, 6.07) is 4.55. The molecular weight excluding hydrogens is 212 g/mol. The second kappa shape index (κ2) is 3.86. The summed E-state index contributed by atoms with van der Waals surface area (Å²) in [6.07, 6.45) is 0.0208. The number of aliphatic hydroxyl groups is 1. The third-order valence-corrected chi connectivity index (χ3v) is 2.20. The fourth-order valence-corrected chi connectivity index (χ4v) is 1.44. The highest BCUT2D eigenvalue weighted by molar-refractivity contribution is 5.88. The lowest BCUT2D eigenvalue weighted by Crippen LogP contribution is -2.04. The number of carboxylic acids is 1. The highest BCUT2D eigenvalue weighted by atomic mass is 16.4. The lowest BCUT2D eigenvalue weighted by molar-refractivity contribution is 0.0685. The number of carbonyl (C=O) groups is 1. The molecule has 0 saturated heterocycles. The van der Waals surface area contributed by atoms with Crippen LogP contribution in [0.4, 0.5) is 0 Å². The average molecular weight is 222 g/mol. The van der Waals surface area contributed by atoms with E-state index in [0.717, 1.165) is 0 Å². The second-order valence-electron chi connectivity index (χ2n) is 3.35. The Labute approximate surface area is 90.9 Å². The van der Waals surface area contributed by atoms with E-state index in [9.17, 15) is 9.90 Å². The van der Waals surface area contributed by atoms with E-state index in [1.165, 1.54) is 12.3 Å². The van der Waals surface area contributed by atoms with E-state index in [1.807, 2.05) is 0 Å². The third kappa shape index (κ3) is 1.72. The molecule has 2 aromatic rings. The molecule has 0 aliphatic carbocycles. The summed E-state index contributed by atoms with van der Waals surface area (Å²) in [7, 11) is 0. The van der Waals surface area contributed by atoms with Crippen molar-refractivity contribution < 1.29 is 23.8 Å². The fourth-order valence-electron chi connectivity index (χ4n) is 1.44. The Kier molecular flexibility index (Phi) is 2.54. The summed E-state index contributed by atoms with van der Waals surface area (Å²) in [5.41, 5.74) is -0.0680. The Morgan fingerprint density at radius 1 is 1.38 bits per heavy atom. The van der Waals surface area contributed by atoms with Crippen molar-refractivity contribution in [2.45, 2.75) is 13.0 Å². The monoisotopic (exact) mass is 222 g/mol. The molecule has 5 nitrogen and oxygen atoms in total.